The van der Waals surface area contributed by atoms with Crippen LogP contribution in [-0.2, 0) is 11.4 Å². The van der Waals surface area contributed by atoms with E-state index in [4.69, 9.17) is 4.84 Å². The Labute approximate surface area is 90.9 Å². The minimum absolute atomic E-state index is 0.573. The maximum absolute atomic E-state index is 5.25. The molecule has 1 fully saturated rings. The molecule has 80 valence electrons. The van der Waals surface area contributed by atoms with Crippen LogP contribution in [0, 0.1) is 5.92 Å². The quantitative estimate of drug-likeness (QED) is 0.543. The van der Waals surface area contributed by atoms with Crippen LogP contribution in [0.5, 0.6) is 0 Å². The third kappa shape index (κ3) is 3.39. The number of rotatable bonds is 4. The Hall–Kier alpha value is -1.31. The highest BCUT2D eigenvalue weighted by Crippen LogP contribution is 2.22. The van der Waals surface area contributed by atoms with Gasteiger partial charge in [0, 0.05) is 6.21 Å². The Kier molecular flexibility index (Phi) is 3.77. The lowest BCUT2D eigenvalue weighted by Gasteiger charge is -2.01. The van der Waals surface area contributed by atoms with Crippen LogP contribution in [0.2, 0.25) is 0 Å². The maximum atomic E-state index is 5.25. The SMILES string of the molecule is C(=NOCc1ccccc1)C1CCCC1. The fraction of sp³-hybridized carbons (Fsp3) is 0.462. The number of benzene rings is 1. The summed E-state index contributed by atoms with van der Waals surface area (Å²) in [6, 6.07) is 10.1. The van der Waals surface area contributed by atoms with Gasteiger partial charge in [-0.25, -0.2) is 0 Å². The van der Waals surface area contributed by atoms with Gasteiger partial charge in [0.15, 0.2) is 0 Å². The molecule has 2 rings (SSSR count). The van der Waals surface area contributed by atoms with Gasteiger partial charge in [-0.1, -0.05) is 48.3 Å². The molecule has 0 heterocycles. The van der Waals surface area contributed by atoms with Crippen LogP contribution >= 0.6 is 0 Å². The van der Waals surface area contributed by atoms with Crippen molar-refractivity contribution in [2.24, 2.45) is 11.1 Å². The second kappa shape index (κ2) is 5.54. The molecule has 1 saturated carbocycles. The van der Waals surface area contributed by atoms with E-state index >= 15 is 0 Å². The van der Waals surface area contributed by atoms with Crippen LogP contribution in [0.15, 0.2) is 35.5 Å². The first-order valence-corrected chi connectivity index (χ1v) is 5.64. The van der Waals surface area contributed by atoms with Crippen LogP contribution in [0.3, 0.4) is 0 Å². The molecule has 0 radical (unpaired) electrons. The molecule has 0 amide bonds. The Balaban J connectivity index is 1.70. The Bertz CT molecular complexity index is 302. The molecule has 1 aliphatic rings. The summed E-state index contributed by atoms with van der Waals surface area (Å²) in [5, 5.41) is 4.02. The topological polar surface area (TPSA) is 21.6 Å². The van der Waals surface area contributed by atoms with Crippen molar-refractivity contribution in [2.75, 3.05) is 0 Å². The van der Waals surface area contributed by atoms with E-state index in [-0.39, 0.29) is 0 Å². The van der Waals surface area contributed by atoms with Crippen LogP contribution in [0.4, 0.5) is 0 Å². The molecule has 1 aromatic carbocycles. The molecule has 0 atom stereocenters. The van der Waals surface area contributed by atoms with Crippen molar-refractivity contribution in [3.8, 4) is 0 Å². The maximum Gasteiger partial charge on any atom is 0.142 e. The summed E-state index contributed by atoms with van der Waals surface area (Å²) in [4.78, 5) is 5.25. The third-order valence-corrected chi connectivity index (χ3v) is 2.82. The fourth-order valence-electron chi connectivity index (χ4n) is 1.92. The highest BCUT2D eigenvalue weighted by atomic mass is 16.6. The molecular weight excluding hydrogens is 186 g/mol. The van der Waals surface area contributed by atoms with Crippen molar-refractivity contribution in [3.63, 3.8) is 0 Å². The third-order valence-electron chi connectivity index (χ3n) is 2.82. The van der Waals surface area contributed by atoms with Gasteiger partial charge in [0.1, 0.15) is 6.61 Å². The molecule has 15 heavy (non-hydrogen) atoms. The van der Waals surface area contributed by atoms with E-state index in [1.54, 1.807) is 0 Å². The minimum atomic E-state index is 0.573. The first-order valence-electron chi connectivity index (χ1n) is 5.64. The second-order valence-corrected chi connectivity index (χ2v) is 4.06. The van der Waals surface area contributed by atoms with Gasteiger partial charge in [0.2, 0.25) is 0 Å². The highest BCUT2D eigenvalue weighted by Gasteiger charge is 2.12. The van der Waals surface area contributed by atoms with Gasteiger partial charge in [-0.3, -0.25) is 0 Å². The zero-order valence-electron chi connectivity index (χ0n) is 8.93. The number of nitrogens with zero attached hydrogens (tertiary/aromatic N) is 1. The summed E-state index contributed by atoms with van der Waals surface area (Å²) < 4.78 is 0. The number of oxime groups is 1. The van der Waals surface area contributed by atoms with E-state index in [2.05, 4.69) is 5.16 Å². The van der Waals surface area contributed by atoms with Gasteiger partial charge in [0.05, 0.1) is 0 Å². The summed E-state index contributed by atoms with van der Waals surface area (Å²) in [5.74, 6) is 0.653. The predicted molar refractivity (Wildman–Crippen MR) is 61.7 cm³/mol. The van der Waals surface area contributed by atoms with Crippen molar-refractivity contribution in [1.82, 2.24) is 0 Å². The first-order chi connectivity index (χ1) is 7.45. The molecule has 0 aliphatic heterocycles. The van der Waals surface area contributed by atoms with Gasteiger partial charge in [-0.05, 0) is 24.3 Å². The molecule has 1 aromatic rings. The van der Waals surface area contributed by atoms with E-state index in [0.29, 0.717) is 12.5 Å². The summed E-state index contributed by atoms with van der Waals surface area (Å²) in [5.41, 5.74) is 1.17. The largest absolute Gasteiger partial charge is 0.391 e. The van der Waals surface area contributed by atoms with Gasteiger partial charge in [0.25, 0.3) is 0 Å². The molecule has 0 unspecified atom stereocenters. The van der Waals surface area contributed by atoms with Crippen LogP contribution in [-0.4, -0.2) is 6.21 Å². The molecule has 0 bridgehead atoms. The molecule has 0 spiro atoms. The van der Waals surface area contributed by atoms with Crippen LogP contribution < -0.4 is 0 Å². The molecule has 2 nitrogen and oxygen atoms in total. The molecular formula is C13H17NO. The Morgan fingerprint density at radius 2 is 1.93 bits per heavy atom. The van der Waals surface area contributed by atoms with Gasteiger partial charge in [-0.15, -0.1) is 0 Å². The fourth-order valence-corrected chi connectivity index (χ4v) is 1.92. The number of hydrogen-bond donors (Lipinski definition) is 0. The minimum Gasteiger partial charge on any atom is -0.391 e. The van der Waals surface area contributed by atoms with E-state index in [1.807, 2.05) is 36.5 Å². The molecule has 0 aromatic heterocycles. The molecule has 0 saturated heterocycles. The summed E-state index contributed by atoms with van der Waals surface area (Å²) >= 11 is 0. The van der Waals surface area contributed by atoms with E-state index < -0.39 is 0 Å². The summed E-state index contributed by atoms with van der Waals surface area (Å²) in [6.45, 7) is 0.573. The average molecular weight is 203 g/mol. The molecule has 0 N–H and O–H groups in total. The Morgan fingerprint density at radius 3 is 2.67 bits per heavy atom. The van der Waals surface area contributed by atoms with Crippen molar-refractivity contribution in [3.05, 3.63) is 35.9 Å². The monoisotopic (exact) mass is 203 g/mol. The standard InChI is InChI=1S/C13H17NO/c1-2-8-13(9-3-1)11-15-14-10-12-6-4-5-7-12/h1-3,8-10,12H,4-7,11H2. The molecule has 2 heteroatoms. The average Bonchev–Trinajstić information content (AvgIpc) is 2.79. The lowest BCUT2D eigenvalue weighted by molar-refractivity contribution is 0.130. The normalized spacial score (nSPS) is 17.3. The zero-order valence-corrected chi connectivity index (χ0v) is 8.93. The smallest absolute Gasteiger partial charge is 0.142 e. The second-order valence-electron chi connectivity index (χ2n) is 4.06. The lowest BCUT2D eigenvalue weighted by atomic mass is 10.1. The molecule has 1 aliphatic carbocycles. The van der Waals surface area contributed by atoms with Gasteiger partial charge in [-0.2, -0.15) is 0 Å². The first kappa shape index (κ1) is 10.2. The van der Waals surface area contributed by atoms with Gasteiger partial charge < -0.3 is 4.84 Å². The highest BCUT2D eigenvalue weighted by molar-refractivity contribution is 5.60. The summed E-state index contributed by atoms with van der Waals surface area (Å²) in [7, 11) is 0. The van der Waals surface area contributed by atoms with Crippen LogP contribution in [0.25, 0.3) is 0 Å². The number of hydrogen-bond acceptors (Lipinski definition) is 2. The van der Waals surface area contributed by atoms with Crippen molar-refractivity contribution >= 4 is 6.21 Å². The van der Waals surface area contributed by atoms with E-state index in [9.17, 15) is 0 Å². The van der Waals surface area contributed by atoms with Crippen LogP contribution in [0.1, 0.15) is 31.2 Å². The zero-order chi connectivity index (χ0) is 10.3. The lowest BCUT2D eigenvalue weighted by Crippen LogP contribution is -1.95. The van der Waals surface area contributed by atoms with Crippen molar-refractivity contribution in [2.45, 2.75) is 32.3 Å². The van der Waals surface area contributed by atoms with Gasteiger partial charge >= 0.3 is 0 Å². The Morgan fingerprint density at radius 1 is 1.20 bits per heavy atom. The predicted octanol–water partition coefficient (Wildman–Crippen LogP) is 3.38. The van der Waals surface area contributed by atoms with Crippen molar-refractivity contribution in [1.29, 1.82) is 0 Å². The van der Waals surface area contributed by atoms with E-state index in [1.165, 1.54) is 31.2 Å². The van der Waals surface area contributed by atoms with Crippen molar-refractivity contribution < 1.29 is 4.84 Å². The summed E-state index contributed by atoms with van der Waals surface area (Å²) in [6.07, 6.45) is 7.21. The van der Waals surface area contributed by atoms with E-state index in [0.717, 1.165) is 0 Å².